The van der Waals surface area contributed by atoms with Crippen molar-refractivity contribution in [1.29, 1.82) is 0 Å². The van der Waals surface area contributed by atoms with Gasteiger partial charge in [0.25, 0.3) is 11.8 Å². The maximum absolute atomic E-state index is 12.7. The topological polar surface area (TPSA) is 120 Å². The quantitative estimate of drug-likeness (QED) is 0.574. The van der Waals surface area contributed by atoms with Crippen LogP contribution in [0.3, 0.4) is 0 Å². The lowest BCUT2D eigenvalue weighted by Gasteiger charge is -2.19. The van der Waals surface area contributed by atoms with Crippen LogP contribution in [-0.4, -0.2) is 57.9 Å². The van der Waals surface area contributed by atoms with Gasteiger partial charge in [-0.05, 0) is 31.5 Å². The summed E-state index contributed by atoms with van der Waals surface area (Å²) in [5.41, 5.74) is 1.71. The molecule has 0 fully saturated rings. The normalized spacial score (nSPS) is 15.2. The monoisotopic (exact) mass is 437 g/mol. The molecule has 0 radical (unpaired) electrons. The van der Waals surface area contributed by atoms with E-state index in [1.165, 1.54) is 4.90 Å². The Morgan fingerprint density at radius 2 is 1.88 bits per heavy atom. The number of anilines is 1. The SMILES string of the molecule is CC(C)O.CN1C(=O)C(NC(=O)c2n[nH]c(Cc3ccccc3)n2)COc2ccccc21. The van der Waals surface area contributed by atoms with Crippen LogP contribution in [0.15, 0.2) is 54.6 Å². The van der Waals surface area contributed by atoms with E-state index in [2.05, 4.69) is 20.5 Å². The van der Waals surface area contributed by atoms with Crippen LogP contribution in [0.4, 0.5) is 5.69 Å². The average molecular weight is 438 g/mol. The number of amides is 2. The molecule has 0 bridgehead atoms. The molecule has 0 saturated carbocycles. The van der Waals surface area contributed by atoms with Gasteiger partial charge in [0.2, 0.25) is 5.82 Å². The molecular weight excluding hydrogens is 410 g/mol. The molecule has 2 aromatic carbocycles. The summed E-state index contributed by atoms with van der Waals surface area (Å²) in [5.74, 6) is 0.362. The van der Waals surface area contributed by atoms with E-state index in [-0.39, 0.29) is 24.4 Å². The Morgan fingerprint density at radius 3 is 2.59 bits per heavy atom. The van der Waals surface area contributed by atoms with E-state index >= 15 is 0 Å². The minimum Gasteiger partial charge on any atom is -0.489 e. The molecule has 1 aromatic heterocycles. The number of hydrogen-bond donors (Lipinski definition) is 3. The van der Waals surface area contributed by atoms with Gasteiger partial charge < -0.3 is 20.1 Å². The van der Waals surface area contributed by atoms with Gasteiger partial charge >= 0.3 is 0 Å². The molecule has 32 heavy (non-hydrogen) atoms. The molecule has 0 saturated heterocycles. The van der Waals surface area contributed by atoms with Crippen LogP contribution >= 0.6 is 0 Å². The molecule has 3 N–H and O–H groups in total. The van der Waals surface area contributed by atoms with Gasteiger partial charge in [-0.15, -0.1) is 5.10 Å². The highest BCUT2D eigenvalue weighted by Crippen LogP contribution is 2.29. The second kappa shape index (κ2) is 10.5. The minimum atomic E-state index is -0.832. The molecule has 1 atom stereocenters. The third-order valence-electron chi connectivity index (χ3n) is 4.52. The second-order valence-electron chi connectivity index (χ2n) is 7.56. The first-order chi connectivity index (χ1) is 15.3. The summed E-state index contributed by atoms with van der Waals surface area (Å²) in [6.07, 6.45) is 0.366. The number of fused-ring (bicyclic) bond motifs is 1. The zero-order valence-corrected chi connectivity index (χ0v) is 18.3. The first-order valence-electron chi connectivity index (χ1n) is 10.3. The summed E-state index contributed by atoms with van der Waals surface area (Å²) < 4.78 is 5.70. The molecule has 1 aliphatic heterocycles. The average Bonchev–Trinajstić information content (AvgIpc) is 3.20. The predicted molar refractivity (Wildman–Crippen MR) is 120 cm³/mol. The Morgan fingerprint density at radius 1 is 1.22 bits per heavy atom. The summed E-state index contributed by atoms with van der Waals surface area (Å²) in [6.45, 7) is 3.48. The molecular formula is C23H27N5O4. The van der Waals surface area contributed by atoms with Gasteiger partial charge in [-0.1, -0.05) is 42.5 Å². The van der Waals surface area contributed by atoms with Crippen molar-refractivity contribution in [3.05, 3.63) is 71.8 Å². The number of aliphatic hydroxyl groups excluding tert-OH is 1. The van der Waals surface area contributed by atoms with Gasteiger partial charge in [-0.2, -0.15) is 0 Å². The van der Waals surface area contributed by atoms with Gasteiger partial charge in [-0.3, -0.25) is 14.7 Å². The minimum absolute atomic E-state index is 0.0110. The van der Waals surface area contributed by atoms with E-state index in [1.54, 1.807) is 33.0 Å². The lowest BCUT2D eigenvalue weighted by atomic mass is 10.1. The Labute approximate surface area is 186 Å². The number of rotatable bonds is 4. The first-order valence-corrected chi connectivity index (χ1v) is 10.3. The molecule has 0 aliphatic carbocycles. The maximum Gasteiger partial charge on any atom is 0.291 e. The summed E-state index contributed by atoms with van der Waals surface area (Å²) in [4.78, 5) is 30.9. The van der Waals surface area contributed by atoms with Crippen LogP contribution in [-0.2, 0) is 11.2 Å². The molecule has 4 rings (SSSR count). The fourth-order valence-electron chi connectivity index (χ4n) is 3.04. The summed E-state index contributed by atoms with van der Waals surface area (Å²) in [7, 11) is 1.65. The van der Waals surface area contributed by atoms with Crippen molar-refractivity contribution in [3.63, 3.8) is 0 Å². The van der Waals surface area contributed by atoms with Crippen LogP contribution in [0.2, 0.25) is 0 Å². The lowest BCUT2D eigenvalue weighted by molar-refractivity contribution is -0.120. The van der Waals surface area contributed by atoms with Crippen molar-refractivity contribution in [3.8, 4) is 5.75 Å². The molecule has 2 heterocycles. The number of aliphatic hydroxyl groups is 1. The highest BCUT2D eigenvalue weighted by atomic mass is 16.5. The van der Waals surface area contributed by atoms with E-state index in [1.807, 2.05) is 42.5 Å². The van der Waals surface area contributed by atoms with Crippen molar-refractivity contribution in [2.24, 2.45) is 0 Å². The number of benzene rings is 2. The van der Waals surface area contributed by atoms with E-state index < -0.39 is 11.9 Å². The van der Waals surface area contributed by atoms with Crippen molar-refractivity contribution >= 4 is 17.5 Å². The van der Waals surface area contributed by atoms with Crippen molar-refractivity contribution < 1.29 is 19.4 Å². The number of carbonyl (C=O) groups is 2. The first kappa shape index (κ1) is 23.0. The van der Waals surface area contributed by atoms with Gasteiger partial charge in [0.1, 0.15) is 24.2 Å². The van der Waals surface area contributed by atoms with Gasteiger partial charge in [0, 0.05) is 19.6 Å². The van der Waals surface area contributed by atoms with Gasteiger partial charge in [0.15, 0.2) is 0 Å². The van der Waals surface area contributed by atoms with E-state index in [0.29, 0.717) is 23.7 Å². The molecule has 1 aliphatic rings. The van der Waals surface area contributed by atoms with Crippen molar-refractivity contribution in [2.45, 2.75) is 32.4 Å². The van der Waals surface area contributed by atoms with Gasteiger partial charge in [0.05, 0.1) is 5.69 Å². The number of nitrogens with zero attached hydrogens (tertiary/aromatic N) is 3. The third kappa shape index (κ3) is 5.92. The second-order valence-corrected chi connectivity index (χ2v) is 7.56. The number of likely N-dealkylation sites (N-methyl/N-ethyl adjacent to an activating group) is 1. The molecule has 1 unspecified atom stereocenters. The number of nitrogens with one attached hydrogen (secondary N) is 2. The van der Waals surface area contributed by atoms with Crippen LogP contribution in [0.5, 0.6) is 5.75 Å². The molecule has 9 heteroatoms. The Balaban J connectivity index is 0.000000668. The fourth-order valence-corrected chi connectivity index (χ4v) is 3.04. The Hall–Kier alpha value is -3.72. The molecule has 0 spiro atoms. The fraction of sp³-hybridized carbons (Fsp3) is 0.304. The number of carbonyl (C=O) groups excluding carboxylic acids is 2. The number of aromatic nitrogens is 3. The van der Waals surface area contributed by atoms with Gasteiger partial charge in [-0.25, -0.2) is 4.98 Å². The van der Waals surface area contributed by atoms with Crippen molar-refractivity contribution in [1.82, 2.24) is 20.5 Å². The summed E-state index contributed by atoms with van der Waals surface area (Å²) >= 11 is 0. The highest BCUT2D eigenvalue weighted by molar-refractivity contribution is 6.02. The summed E-state index contributed by atoms with van der Waals surface area (Å²) in [5, 5.41) is 17.5. The molecule has 3 aromatic rings. The standard InChI is InChI=1S/C20H19N5O3.C3H8O/c1-25-15-9-5-6-10-16(15)28-12-14(20(25)27)21-19(26)18-22-17(23-24-18)11-13-7-3-2-4-8-13;1-3(2)4/h2-10,14H,11-12H2,1H3,(H,21,26)(H,22,23,24);3-4H,1-2H3. The van der Waals surface area contributed by atoms with E-state index in [0.717, 1.165) is 5.56 Å². The maximum atomic E-state index is 12.7. The zero-order valence-electron chi connectivity index (χ0n) is 18.3. The van der Waals surface area contributed by atoms with Crippen LogP contribution in [0.1, 0.15) is 35.9 Å². The lowest BCUT2D eigenvalue weighted by Crippen LogP contribution is -2.49. The predicted octanol–water partition coefficient (Wildman–Crippen LogP) is 1.94. The molecule has 2 amide bonds. The van der Waals surface area contributed by atoms with Crippen LogP contribution in [0, 0.1) is 0 Å². The van der Waals surface area contributed by atoms with E-state index in [4.69, 9.17) is 9.84 Å². The summed E-state index contributed by atoms with van der Waals surface area (Å²) in [6, 6.07) is 16.2. The Bertz CT molecular complexity index is 1050. The third-order valence-corrected chi connectivity index (χ3v) is 4.52. The smallest absolute Gasteiger partial charge is 0.291 e. The van der Waals surface area contributed by atoms with Crippen molar-refractivity contribution in [2.75, 3.05) is 18.6 Å². The molecule has 9 nitrogen and oxygen atoms in total. The largest absolute Gasteiger partial charge is 0.489 e. The molecule has 168 valence electrons. The Kier molecular flexibility index (Phi) is 7.56. The highest BCUT2D eigenvalue weighted by Gasteiger charge is 2.31. The zero-order chi connectivity index (χ0) is 23.1. The van der Waals surface area contributed by atoms with E-state index in [9.17, 15) is 9.59 Å². The van der Waals surface area contributed by atoms with Crippen LogP contribution < -0.4 is 15.0 Å². The van der Waals surface area contributed by atoms with Crippen LogP contribution in [0.25, 0.3) is 0 Å². The number of aromatic amines is 1. The number of H-pyrrole nitrogens is 1. The number of hydrogen-bond acceptors (Lipinski definition) is 6. The number of para-hydroxylation sites is 2. The number of ether oxygens (including phenoxy) is 1.